The van der Waals surface area contributed by atoms with Gasteiger partial charge in [0, 0.05) is 24.0 Å². The van der Waals surface area contributed by atoms with E-state index in [2.05, 4.69) is 16.0 Å². The molecule has 2 aromatic rings. The Hall–Kier alpha value is -3.02. The number of benzene rings is 2. The Bertz CT molecular complexity index is 666. The van der Waals surface area contributed by atoms with Gasteiger partial charge in [0.2, 0.25) is 0 Å². The van der Waals surface area contributed by atoms with Crippen molar-refractivity contribution in [1.29, 1.82) is 0 Å². The Balaban J connectivity index is 1.92. The summed E-state index contributed by atoms with van der Waals surface area (Å²) in [6.07, 6.45) is 0. The van der Waals surface area contributed by atoms with E-state index >= 15 is 0 Å². The van der Waals surface area contributed by atoms with Gasteiger partial charge in [-0.3, -0.25) is 4.79 Å². The summed E-state index contributed by atoms with van der Waals surface area (Å²) >= 11 is 0. The highest BCUT2D eigenvalue weighted by Crippen LogP contribution is 2.16. The van der Waals surface area contributed by atoms with Crippen LogP contribution in [0.2, 0.25) is 0 Å². The molecule has 0 atom stereocenters. The molecule has 2 rings (SSSR count). The maximum Gasteiger partial charge on any atom is 0.323 e. The van der Waals surface area contributed by atoms with E-state index in [-0.39, 0.29) is 11.9 Å². The molecule has 0 saturated carbocycles. The smallest absolute Gasteiger partial charge is 0.323 e. The van der Waals surface area contributed by atoms with Crippen LogP contribution in [-0.2, 0) is 0 Å². The molecular weight excluding hydrogens is 294 g/mol. The van der Waals surface area contributed by atoms with Gasteiger partial charge in [-0.1, -0.05) is 0 Å². The highest BCUT2D eigenvalue weighted by atomic mass is 16.5. The number of hydrogen-bond donors (Lipinski definition) is 3. The number of rotatable bonds is 5. The van der Waals surface area contributed by atoms with Crippen LogP contribution in [0.25, 0.3) is 0 Å². The second-order valence-corrected chi connectivity index (χ2v) is 4.69. The molecule has 0 aliphatic heterocycles. The lowest BCUT2D eigenvalue weighted by molar-refractivity contribution is 0.0963. The largest absolute Gasteiger partial charge is 0.494 e. The van der Waals surface area contributed by atoms with Crippen LogP contribution in [0.3, 0.4) is 0 Å². The minimum atomic E-state index is -0.359. The number of ether oxygens (including phenoxy) is 1. The van der Waals surface area contributed by atoms with Gasteiger partial charge in [0.15, 0.2) is 0 Å². The predicted octanol–water partition coefficient (Wildman–Crippen LogP) is 3.09. The molecule has 3 N–H and O–H groups in total. The summed E-state index contributed by atoms with van der Waals surface area (Å²) in [5, 5.41) is 7.96. The molecule has 6 nitrogen and oxygen atoms in total. The van der Waals surface area contributed by atoms with Crippen molar-refractivity contribution in [2.45, 2.75) is 6.92 Å². The number of anilines is 2. The topological polar surface area (TPSA) is 79.5 Å². The molecule has 0 saturated heterocycles. The number of nitrogens with one attached hydrogen (secondary N) is 3. The molecule has 0 aliphatic carbocycles. The fraction of sp³-hybridized carbons (Fsp3) is 0.176. The van der Waals surface area contributed by atoms with Crippen molar-refractivity contribution in [2.75, 3.05) is 24.3 Å². The highest BCUT2D eigenvalue weighted by Gasteiger charge is 2.05. The fourth-order valence-electron chi connectivity index (χ4n) is 1.94. The molecule has 23 heavy (non-hydrogen) atoms. The third-order valence-corrected chi connectivity index (χ3v) is 3.06. The van der Waals surface area contributed by atoms with Gasteiger partial charge in [0.25, 0.3) is 5.91 Å². The number of hydrogen-bond acceptors (Lipinski definition) is 3. The fourth-order valence-corrected chi connectivity index (χ4v) is 1.94. The number of amides is 3. The van der Waals surface area contributed by atoms with E-state index in [4.69, 9.17) is 4.74 Å². The van der Waals surface area contributed by atoms with Crippen molar-refractivity contribution >= 4 is 23.3 Å². The van der Waals surface area contributed by atoms with Gasteiger partial charge in [-0.05, 0) is 55.5 Å². The first-order valence-electron chi connectivity index (χ1n) is 7.25. The third-order valence-electron chi connectivity index (χ3n) is 3.06. The first-order chi connectivity index (χ1) is 11.1. The molecule has 0 unspecified atom stereocenters. The predicted molar refractivity (Wildman–Crippen MR) is 90.1 cm³/mol. The molecule has 0 heterocycles. The molecule has 6 heteroatoms. The Morgan fingerprint density at radius 1 is 0.913 bits per heavy atom. The second-order valence-electron chi connectivity index (χ2n) is 4.69. The van der Waals surface area contributed by atoms with Crippen molar-refractivity contribution in [1.82, 2.24) is 5.32 Å². The average Bonchev–Trinajstić information content (AvgIpc) is 2.57. The van der Waals surface area contributed by atoms with Crippen LogP contribution in [0, 0.1) is 0 Å². The minimum Gasteiger partial charge on any atom is -0.494 e. The molecule has 0 aliphatic rings. The van der Waals surface area contributed by atoms with Gasteiger partial charge in [-0.2, -0.15) is 0 Å². The van der Waals surface area contributed by atoms with Crippen LogP contribution in [0.4, 0.5) is 16.2 Å². The molecule has 0 fully saturated rings. The normalized spacial score (nSPS) is 9.83. The number of carbonyl (C=O) groups is 2. The second kappa shape index (κ2) is 7.84. The SMILES string of the molecule is CCOc1ccc(NC(=O)Nc2ccc(C(=O)NC)cc2)cc1. The average molecular weight is 313 g/mol. The highest BCUT2D eigenvalue weighted by molar-refractivity contribution is 6.00. The van der Waals surface area contributed by atoms with Crippen LogP contribution in [-0.4, -0.2) is 25.6 Å². The van der Waals surface area contributed by atoms with E-state index in [1.165, 1.54) is 0 Å². The van der Waals surface area contributed by atoms with E-state index in [1.807, 2.05) is 6.92 Å². The van der Waals surface area contributed by atoms with Gasteiger partial charge in [0.05, 0.1) is 6.61 Å². The Kier molecular flexibility index (Phi) is 5.57. The Morgan fingerprint density at radius 2 is 1.43 bits per heavy atom. The molecule has 2 aromatic carbocycles. The van der Waals surface area contributed by atoms with Crippen LogP contribution >= 0.6 is 0 Å². The van der Waals surface area contributed by atoms with Crippen molar-refractivity contribution in [3.63, 3.8) is 0 Å². The monoisotopic (exact) mass is 313 g/mol. The molecule has 0 aromatic heterocycles. The van der Waals surface area contributed by atoms with Gasteiger partial charge in [-0.25, -0.2) is 4.79 Å². The van der Waals surface area contributed by atoms with Gasteiger partial charge in [0.1, 0.15) is 5.75 Å². The molecule has 3 amide bonds. The number of carbonyl (C=O) groups excluding carboxylic acids is 2. The zero-order chi connectivity index (χ0) is 16.7. The van der Waals surface area contributed by atoms with Gasteiger partial charge < -0.3 is 20.7 Å². The lowest BCUT2D eigenvalue weighted by atomic mass is 10.2. The first kappa shape index (κ1) is 16.4. The zero-order valence-electron chi connectivity index (χ0n) is 13.1. The minimum absolute atomic E-state index is 0.171. The standard InChI is InChI=1S/C17H19N3O3/c1-3-23-15-10-8-14(9-11-15)20-17(22)19-13-6-4-12(5-7-13)16(21)18-2/h4-11H,3H2,1-2H3,(H,18,21)(H2,19,20,22). The maximum absolute atomic E-state index is 11.9. The third kappa shape index (κ3) is 4.74. The Labute approximate surface area is 134 Å². The van der Waals surface area contributed by atoms with Crippen molar-refractivity contribution in [2.24, 2.45) is 0 Å². The molecule has 120 valence electrons. The summed E-state index contributed by atoms with van der Waals surface area (Å²) in [7, 11) is 1.57. The van der Waals surface area contributed by atoms with Crippen molar-refractivity contribution in [3.8, 4) is 5.75 Å². The summed E-state index contributed by atoms with van der Waals surface area (Å²) < 4.78 is 5.34. The molecular formula is C17H19N3O3. The Morgan fingerprint density at radius 3 is 1.91 bits per heavy atom. The summed E-state index contributed by atoms with van der Waals surface area (Å²) in [6, 6.07) is 13.4. The van der Waals surface area contributed by atoms with E-state index in [0.29, 0.717) is 23.5 Å². The molecule has 0 bridgehead atoms. The lowest BCUT2D eigenvalue weighted by Gasteiger charge is -2.09. The van der Waals surface area contributed by atoms with E-state index in [1.54, 1.807) is 55.6 Å². The quantitative estimate of drug-likeness (QED) is 0.793. The van der Waals surface area contributed by atoms with Crippen molar-refractivity contribution < 1.29 is 14.3 Å². The molecule has 0 spiro atoms. The van der Waals surface area contributed by atoms with Crippen LogP contribution < -0.4 is 20.7 Å². The molecule has 0 radical (unpaired) electrons. The van der Waals surface area contributed by atoms with Gasteiger partial charge in [-0.15, -0.1) is 0 Å². The lowest BCUT2D eigenvalue weighted by Crippen LogP contribution is -2.20. The summed E-state index contributed by atoms with van der Waals surface area (Å²) in [5.74, 6) is 0.582. The van der Waals surface area contributed by atoms with E-state index in [9.17, 15) is 9.59 Å². The summed E-state index contributed by atoms with van der Waals surface area (Å²) in [5.41, 5.74) is 1.79. The van der Waals surface area contributed by atoms with Crippen LogP contribution in [0.15, 0.2) is 48.5 Å². The number of urea groups is 1. The summed E-state index contributed by atoms with van der Waals surface area (Å²) in [4.78, 5) is 23.4. The van der Waals surface area contributed by atoms with E-state index < -0.39 is 0 Å². The maximum atomic E-state index is 11.9. The first-order valence-corrected chi connectivity index (χ1v) is 7.25. The zero-order valence-corrected chi connectivity index (χ0v) is 13.1. The van der Waals surface area contributed by atoms with E-state index in [0.717, 1.165) is 5.75 Å². The van der Waals surface area contributed by atoms with Crippen LogP contribution in [0.5, 0.6) is 5.75 Å². The summed E-state index contributed by atoms with van der Waals surface area (Å²) in [6.45, 7) is 2.51. The van der Waals surface area contributed by atoms with Gasteiger partial charge >= 0.3 is 6.03 Å². The van der Waals surface area contributed by atoms with Crippen LogP contribution in [0.1, 0.15) is 17.3 Å². The van der Waals surface area contributed by atoms with Crippen molar-refractivity contribution in [3.05, 3.63) is 54.1 Å².